The molecule has 22 heavy (non-hydrogen) atoms. The van der Waals surface area contributed by atoms with E-state index in [1.54, 1.807) is 12.1 Å². The van der Waals surface area contributed by atoms with Crippen LogP contribution in [0.15, 0.2) is 40.9 Å². The first-order chi connectivity index (χ1) is 10.4. The molecule has 0 aromatic heterocycles. The minimum atomic E-state index is -0.233. The number of nitrogens with one attached hydrogen (secondary N) is 2. The zero-order chi connectivity index (χ0) is 16.3. The van der Waals surface area contributed by atoms with E-state index in [4.69, 9.17) is 12.2 Å². The van der Waals surface area contributed by atoms with Crippen LogP contribution in [0.2, 0.25) is 0 Å². The van der Waals surface area contributed by atoms with E-state index in [2.05, 4.69) is 26.6 Å². The molecule has 0 radical (unpaired) electrons. The number of anilines is 1. The van der Waals surface area contributed by atoms with Crippen LogP contribution in [0.1, 0.15) is 27.0 Å². The third-order valence-corrected chi connectivity index (χ3v) is 4.36. The molecule has 2 aromatic rings. The second-order valence-electron chi connectivity index (χ2n) is 5.19. The normalized spacial score (nSPS) is 10.2. The summed E-state index contributed by atoms with van der Waals surface area (Å²) in [5.74, 6) is -0.233. The molecule has 0 aliphatic carbocycles. The standard InChI is InChI=1S/C17H17BrN2OS/c1-10-4-5-12(3)15(8-10)19-17(22)20-16(21)13-7-6-11(2)14(18)9-13/h4-9H,1-3H3,(H2,19,20,21,22). The van der Waals surface area contributed by atoms with Crippen molar-refractivity contribution in [3.63, 3.8) is 0 Å². The zero-order valence-electron chi connectivity index (χ0n) is 12.7. The topological polar surface area (TPSA) is 41.1 Å². The lowest BCUT2D eigenvalue weighted by molar-refractivity contribution is 0.0977. The van der Waals surface area contributed by atoms with Crippen molar-refractivity contribution in [2.45, 2.75) is 20.8 Å². The highest BCUT2D eigenvalue weighted by molar-refractivity contribution is 9.10. The lowest BCUT2D eigenvalue weighted by atomic mass is 10.1. The Kier molecular flexibility index (Phi) is 5.32. The van der Waals surface area contributed by atoms with Crippen molar-refractivity contribution >= 4 is 44.9 Å². The maximum absolute atomic E-state index is 12.2. The highest BCUT2D eigenvalue weighted by atomic mass is 79.9. The minimum absolute atomic E-state index is 0.233. The number of carbonyl (C=O) groups excluding carboxylic acids is 1. The fourth-order valence-electron chi connectivity index (χ4n) is 1.93. The highest BCUT2D eigenvalue weighted by Crippen LogP contribution is 2.18. The van der Waals surface area contributed by atoms with Gasteiger partial charge in [-0.05, 0) is 67.9 Å². The largest absolute Gasteiger partial charge is 0.332 e. The molecule has 3 nitrogen and oxygen atoms in total. The Balaban J connectivity index is 2.06. The van der Waals surface area contributed by atoms with E-state index in [1.165, 1.54) is 0 Å². The van der Waals surface area contributed by atoms with Crippen LogP contribution < -0.4 is 10.6 Å². The maximum Gasteiger partial charge on any atom is 0.257 e. The Morgan fingerprint density at radius 3 is 2.41 bits per heavy atom. The van der Waals surface area contributed by atoms with Crippen molar-refractivity contribution in [3.05, 3.63) is 63.1 Å². The molecule has 2 aromatic carbocycles. The van der Waals surface area contributed by atoms with Crippen molar-refractivity contribution in [1.82, 2.24) is 5.32 Å². The Hall–Kier alpha value is -1.72. The predicted molar refractivity (Wildman–Crippen MR) is 98.5 cm³/mol. The van der Waals surface area contributed by atoms with Gasteiger partial charge in [0.25, 0.3) is 5.91 Å². The number of thiocarbonyl (C=S) groups is 1. The molecule has 0 atom stereocenters. The number of hydrogen-bond donors (Lipinski definition) is 2. The van der Waals surface area contributed by atoms with Crippen LogP contribution >= 0.6 is 28.1 Å². The van der Waals surface area contributed by atoms with Gasteiger partial charge in [-0.25, -0.2) is 0 Å². The van der Waals surface area contributed by atoms with E-state index < -0.39 is 0 Å². The quantitative estimate of drug-likeness (QED) is 0.758. The summed E-state index contributed by atoms with van der Waals surface area (Å²) in [5.41, 5.74) is 4.73. The number of hydrogen-bond acceptors (Lipinski definition) is 2. The van der Waals surface area contributed by atoms with E-state index in [0.717, 1.165) is 26.9 Å². The molecule has 0 unspecified atom stereocenters. The van der Waals surface area contributed by atoms with E-state index in [0.29, 0.717) is 5.56 Å². The third kappa shape index (κ3) is 4.15. The molecule has 0 saturated carbocycles. The van der Waals surface area contributed by atoms with Gasteiger partial charge in [0.2, 0.25) is 0 Å². The molecule has 2 rings (SSSR count). The minimum Gasteiger partial charge on any atom is -0.332 e. The molecular weight excluding hydrogens is 360 g/mol. The molecular formula is C17H17BrN2OS. The summed E-state index contributed by atoms with van der Waals surface area (Å²) in [6.07, 6.45) is 0. The van der Waals surface area contributed by atoms with Crippen LogP contribution in [0.5, 0.6) is 0 Å². The Morgan fingerprint density at radius 2 is 1.73 bits per heavy atom. The van der Waals surface area contributed by atoms with Gasteiger partial charge in [0, 0.05) is 15.7 Å². The molecule has 2 N–H and O–H groups in total. The average molecular weight is 377 g/mol. The van der Waals surface area contributed by atoms with Gasteiger partial charge in [-0.15, -0.1) is 0 Å². The first-order valence-electron chi connectivity index (χ1n) is 6.82. The van der Waals surface area contributed by atoms with Gasteiger partial charge in [0.15, 0.2) is 5.11 Å². The summed E-state index contributed by atoms with van der Waals surface area (Å²) >= 11 is 8.64. The van der Waals surface area contributed by atoms with Crippen molar-refractivity contribution in [1.29, 1.82) is 0 Å². The van der Waals surface area contributed by atoms with Gasteiger partial charge >= 0.3 is 0 Å². The van der Waals surface area contributed by atoms with Crippen molar-refractivity contribution in [2.75, 3.05) is 5.32 Å². The Labute approximate surface area is 144 Å². The van der Waals surface area contributed by atoms with Crippen LogP contribution in [0, 0.1) is 20.8 Å². The lowest BCUT2D eigenvalue weighted by Crippen LogP contribution is -2.34. The fourth-order valence-corrected chi connectivity index (χ4v) is 2.51. The summed E-state index contributed by atoms with van der Waals surface area (Å²) in [6, 6.07) is 11.5. The van der Waals surface area contributed by atoms with Gasteiger partial charge in [-0.2, -0.15) is 0 Å². The van der Waals surface area contributed by atoms with Crippen LogP contribution in [0.25, 0.3) is 0 Å². The maximum atomic E-state index is 12.2. The first-order valence-corrected chi connectivity index (χ1v) is 8.02. The van der Waals surface area contributed by atoms with E-state index in [9.17, 15) is 4.79 Å². The molecule has 1 amide bonds. The average Bonchev–Trinajstić information content (AvgIpc) is 2.45. The van der Waals surface area contributed by atoms with Gasteiger partial charge < -0.3 is 5.32 Å². The number of halogens is 1. The molecule has 0 aliphatic heterocycles. The van der Waals surface area contributed by atoms with E-state index in [1.807, 2.05) is 45.0 Å². The molecule has 0 fully saturated rings. The second kappa shape index (κ2) is 7.03. The predicted octanol–water partition coefficient (Wildman–Crippen LogP) is 4.50. The monoisotopic (exact) mass is 376 g/mol. The molecule has 114 valence electrons. The van der Waals surface area contributed by atoms with Crippen LogP contribution in [0.4, 0.5) is 5.69 Å². The second-order valence-corrected chi connectivity index (χ2v) is 6.45. The SMILES string of the molecule is Cc1ccc(C)c(NC(=S)NC(=O)c2ccc(C)c(Br)c2)c1. The summed E-state index contributed by atoms with van der Waals surface area (Å²) in [4.78, 5) is 12.2. The number of carbonyl (C=O) groups is 1. The highest BCUT2D eigenvalue weighted by Gasteiger charge is 2.10. The van der Waals surface area contributed by atoms with E-state index in [-0.39, 0.29) is 11.0 Å². The molecule has 0 saturated heterocycles. The molecule has 5 heteroatoms. The third-order valence-electron chi connectivity index (χ3n) is 3.30. The summed E-state index contributed by atoms with van der Waals surface area (Å²) in [5, 5.41) is 6.05. The van der Waals surface area contributed by atoms with Gasteiger partial charge in [-0.3, -0.25) is 10.1 Å². The van der Waals surface area contributed by atoms with Crippen molar-refractivity contribution < 1.29 is 4.79 Å². The lowest BCUT2D eigenvalue weighted by Gasteiger charge is -2.12. The fraction of sp³-hybridized carbons (Fsp3) is 0.176. The molecule has 0 bridgehead atoms. The number of aryl methyl sites for hydroxylation is 3. The Morgan fingerprint density at radius 1 is 1.05 bits per heavy atom. The van der Waals surface area contributed by atoms with Crippen molar-refractivity contribution in [2.24, 2.45) is 0 Å². The summed E-state index contributed by atoms with van der Waals surface area (Å²) in [6.45, 7) is 5.97. The molecule has 0 spiro atoms. The number of benzene rings is 2. The molecule has 0 aliphatic rings. The Bertz CT molecular complexity index is 743. The van der Waals surface area contributed by atoms with Crippen LogP contribution in [-0.2, 0) is 0 Å². The van der Waals surface area contributed by atoms with Crippen LogP contribution in [0.3, 0.4) is 0 Å². The van der Waals surface area contributed by atoms with Crippen LogP contribution in [-0.4, -0.2) is 11.0 Å². The molecule has 0 heterocycles. The van der Waals surface area contributed by atoms with Gasteiger partial charge in [0.1, 0.15) is 0 Å². The zero-order valence-corrected chi connectivity index (χ0v) is 15.1. The number of rotatable bonds is 2. The number of amides is 1. The first kappa shape index (κ1) is 16.6. The summed E-state index contributed by atoms with van der Waals surface area (Å²) in [7, 11) is 0. The smallest absolute Gasteiger partial charge is 0.257 e. The van der Waals surface area contributed by atoms with E-state index >= 15 is 0 Å². The van der Waals surface area contributed by atoms with Gasteiger partial charge in [0.05, 0.1) is 0 Å². The van der Waals surface area contributed by atoms with Crippen molar-refractivity contribution in [3.8, 4) is 0 Å². The van der Waals surface area contributed by atoms with Gasteiger partial charge in [-0.1, -0.05) is 34.1 Å². The summed E-state index contributed by atoms with van der Waals surface area (Å²) < 4.78 is 0.897.